The van der Waals surface area contributed by atoms with Gasteiger partial charge >= 0.3 is 5.97 Å². The third-order valence-corrected chi connectivity index (χ3v) is 3.58. The van der Waals surface area contributed by atoms with Crippen LogP contribution in [0.25, 0.3) is 0 Å². The number of aromatic carboxylic acids is 1. The Kier molecular flexibility index (Phi) is 3.59. The molecule has 0 bridgehead atoms. The van der Waals surface area contributed by atoms with Gasteiger partial charge in [0.15, 0.2) is 0 Å². The summed E-state index contributed by atoms with van der Waals surface area (Å²) in [4.78, 5) is 11.3. The fraction of sp³-hybridized carbons (Fsp3) is 0.692. The molecular weight excluding hydrogens is 230 g/mol. The number of nitrogens with one attached hydrogen (secondary N) is 1. The normalized spacial score (nSPS) is 16.6. The molecule has 1 unspecified atom stereocenters. The molecule has 1 aliphatic rings. The van der Waals surface area contributed by atoms with Gasteiger partial charge in [0.05, 0.1) is 5.69 Å². The van der Waals surface area contributed by atoms with Crippen molar-refractivity contribution in [1.29, 1.82) is 0 Å². The zero-order chi connectivity index (χ0) is 13.3. The summed E-state index contributed by atoms with van der Waals surface area (Å²) >= 11 is 0. The van der Waals surface area contributed by atoms with Gasteiger partial charge in [-0.05, 0) is 25.7 Å². The Morgan fingerprint density at radius 3 is 2.78 bits per heavy atom. The number of rotatable bonds is 6. The summed E-state index contributed by atoms with van der Waals surface area (Å²) in [5.41, 5.74) is 0.862. The molecular formula is C13H21N3O2. The molecule has 2 rings (SSSR count). The van der Waals surface area contributed by atoms with Crippen molar-refractivity contribution in [2.75, 3.05) is 5.32 Å². The van der Waals surface area contributed by atoms with Crippen LogP contribution in [-0.4, -0.2) is 26.9 Å². The zero-order valence-corrected chi connectivity index (χ0v) is 11.2. The van der Waals surface area contributed by atoms with Crippen molar-refractivity contribution in [3.63, 3.8) is 0 Å². The summed E-state index contributed by atoms with van der Waals surface area (Å²) in [5.74, 6) is 0.543. The van der Waals surface area contributed by atoms with Gasteiger partial charge in [0, 0.05) is 13.1 Å². The number of aromatic nitrogens is 2. The Morgan fingerprint density at radius 2 is 2.28 bits per heavy atom. The van der Waals surface area contributed by atoms with E-state index in [0.29, 0.717) is 23.1 Å². The molecule has 0 aromatic carbocycles. The van der Waals surface area contributed by atoms with E-state index in [0.717, 1.165) is 18.8 Å². The highest BCUT2D eigenvalue weighted by molar-refractivity contribution is 5.94. The monoisotopic (exact) mass is 251 g/mol. The standard InChI is InChI=1S/C13H21N3O2/c1-4-10(7-9-5-6-9)14-12-11(13(17)18)8(2)15-16(12)3/h9-10,14H,4-7H2,1-3H3,(H,17,18). The number of carboxylic acid groups (broad SMARTS) is 1. The lowest BCUT2D eigenvalue weighted by molar-refractivity contribution is 0.0697. The number of carbonyl (C=O) groups is 1. The minimum Gasteiger partial charge on any atom is -0.477 e. The summed E-state index contributed by atoms with van der Waals surface area (Å²) in [5, 5.41) is 16.8. The predicted octanol–water partition coefficient (Wildman–Crippen LogP) is 2.42. The summed E-state index contributed by atoms with van der Waals surface area (Å²) in [6, 6.07) is 0.338. The van der Waals surface area contributed by atoms with Crippen molar-refractivity contribution >= 4 is 11.8 Å². The number of hydrogen-bond donors (Lipinski definition) is 2. The maximum Gasteiger partial charge on any atom is 0.341 e. The minimum atomic E-state index is -0.913. The molecule has 0 radical (unpaired) electrons. The van der Waals surface area contributed by atoms with Gasteiger partial charge in [0.1, 0.15) is 11.4 Å². The topological polar surface area (TPSA) is 67.2 Å². The van der Waals surface area contributed by atoms with E-state index < -0.39 is 5.97 Å². The predicted molar refractivity (Wildman–Crippen MR) is 69.9 cm³/mol. The fourth-order valence-electron chi connectivity index (χ4n) is 2.36. The molecule has 2 N–H and O–H groups in total. The summed E-state index contributed by atoms with van der Waals surface area (Å²) in [6.07, 6.45) is 4.75. The molecule has 1 saturated carbocycles. The van der Waals surface area contributed by atoms with E-state index >= 15 is 0 Å². The number of hydrogen-bond acceptors (Lipinski definition) is 3. The van der Waals surface area contributed by atoms with Crippen LogP contribution < -0.4 is 5.32 Å². The highest BCUT2D eigenvalue weighted by Gasteiger charge is 2.27. The van der Waals surface area contributed by atoms with Gasteiger partial charge in [0.25, 0.3) is 0 Å². The van der Waals surface area contributed by atoms with Crippen LogP contribution in [0, 0.1) is 12.8 Å². The first-order valence-electron chi connectivity index (χ1n) is 6.56. The quantitative estimate of drug-likeness (QED) is 0.814. The van der Waals surface area contributed by atoms with Crippen molar-refractivity contribution in [2.24, 2.45) is 13.0 Å². The molecule has 5 heteroatoms. The van der Waals surface area contributed by atoms with E-state index in [1.165, 1.54) is 12.8 Å². The molecule has 5 nitrogen and oxygen atoms in total. The molecule has 100 valence electrons. The SMILES string of the molecule is CCC(CC1CC1)Nc1c(C(=O)O)c(C)nn1C. The first-order valence-corrected chi connectivity index (χ1v) is 6.56. The second-order valence-electron chi connectivity index (χ2n) is 5.17. The van der Waals surface area contributed by atoms with Crippen molar-refractivity contribution in [3.05, 3.63) is 11.3 Å². The number of carboxylic acids is 1. The number of anilines is 1. The van der Waals surface area contributed by atoms with Crippen LogP contribution in [0.3, 0.4) is 0 Å². The number of nitrogens with zero attached hydrogens (tertiary/aromatic N) is 2. The van der Waals surface area contributed by atoms with Crippen LogP contribution in [0.4, 0.5) is 5.82 Å². The van der Waals surface area contributed by atoms with Crippen LogP contribution in [0.1, 0.15) is 48.7 Å². The molecule has 1 aromatic rings. The lowest BCUT2D eigenvalue weighted by atomic mass is 10.1. The highest BCUT2D eigenvalue weighted by Crippen LogP contribution is 2.35. The van der Waals surface area contributed by atoms with Gasteiger partial charge in [0.2, 0.25) is 0 Å². The van der Waals surface area contributed by atoms with Gasteiger partial charge in [-0.15, -0.1) is 0 Å². The minimum absolute atomic E-state index is 0.298. The molecule has 1 atom stereocenters. The van der Waals surface area contributed by atoms with Crippen LogP contribution in [0.2, 0.25) is 0 Å². The Hall–Kier alpha value is -1.52. The van der Waals surface area contributed by atoms with Crippen molar-refractivity contribution in [3.8, 4) is 0 Å². The van der Waals surface area contributed by atoms with E-state index in [1.54, 1.807) is 18.7 Å². The molecule has 0 saturated heterocycles. The lowest BCUT2D eigenvalue weighted by Gasteiger charge is -2.18. The average molecular weight is 251 g/mol. The molecule has 0 amide bonds. The second-order valence-corrected chi connectivity index (χ2v) is 5.17. The van der Waals surface area contributed by atoms with E-state index in [2.05, 4.69) is 17.3 Å². The van der Waals surface area contributed by atoms with Gasteiger partial charge in [-0.25, -0.2) is 4.79 Å². The van der Waals surface area contributed by atoms with E-state index in [-0.39, 0.29) is 0 Å². The Balaban J connectivity index is 2.17. The Morgan fingerprint density at radius 1 is 1.61 bits per heavy atom. The van der Waals surface area contributed by atoms with E-state index in [1.807, 2.05) is 0 Å². The van der Waals surface area contributed by atoms with E-state index in [4.69, 9.17) is 0 Å². The van der Waals surface area contributed by atoms with Crippen LogP contribution in [-0.2, 0) is 7.05 Å². The van der Waals surface area contributed by atoms with Crippen molar-refractivity contribution in [2.45, 2.75) is 45.6 Å². The zero-order valence-electron chi connectivity index (χ0n) is 11.2. The summed E-state index contributed by atoms with van der Waals surface area (Å²) < 4.78 is 1.63. The highest BCUT2D eigenvalue weighted by atomic mass is 16.4. The summed E-state index contributed by atoms with van der Waals surface area (Å²) in [6.45, 7) is 3.86. The van der Waals surface area contributed by atoms with Gasteiger partial charge in [-0.3, -0.25) is 4.68 Å². The molecule has 1 aliphatic carbocycles. The van der Waals surface area contributed by atoms with Crippen molar-refractivity contribution < 1.29 is 9.90 Å². The lowest BCUT2D eigenvalue weighted by Crippen LogP contribution is -2.22. The van der Waals surface area contributed by atoms with E-state index in [9.17, 15) is 9.90 Å². The fourth-order valence-corrected chi connectivity index (χ4v) is 2.36. The van der Waals surface area contributed by atoms with Crippen LogP contribution in [0.15, 0.2) is 0 Å². The van der Waals surface area contributed by atoms with Gasteiger partial charge in [-0.2, -0.15) is 5.10 Å². The molecule has 1 heterocycles. The molecule has 18 heavy (non-hydrogen) atoms. The second kappa shape index (κ2) is 5.00. The molecule has 1 aromatic heterocycles. The number of aryl methyl sites for hydroxylation is 2. The third kappa shape index (κ3) is 2.66. The Labute approximate surface area is 107 Å². The largest absolute Gasteiger partial charge is 0.477 e. The summed E-state index contributed by atoms with van der Waals surface area (Å²) in [7, 11) is 1.78. The Bertz CT molecular complexity index is 449. The van der Waals surface area contributed by atoms with Gasteiger partial charge < -0.3 is 10.4 Å². The van der Waals surface area contributed by atoms with Crippen LogP contribution in [0.5, 0.6) is 0 Å². The first-order chi connectivity index (χ1) is 8.52. The first kappa shape index (κ1) is 12.9. The van der Waals surface area contributed by atoms with Crippen molar-refractivity contribution in [1.82, 2.24) is 9.78 Å². The average Bonchev–Trinajstić information content (AvgIpc) is 3.05. The molecule has 0 spiro atoms. The maximum absolute atomic E-state index is 11.3. The maximum atomic E-state index is 11.3. The molecule has 0 aliphatic heterocycles. The third-order valence-electron chi connectivity index (χ3n) is 3.58. The smallest absolute Gasteiger partial charge is 0.341 e. The van der Waals surface area contributed by atoms with Crippen LogP contribution >= 0.6 is 0 Å². The molecule has 1 fully saturated rings. The van der Waals surface area contributed by atoms with Gasteiger partial charge in [-0.1, -0.05) is 19.8 Å².